The summed E-state index contributed by atoms with van der Waals surface area (Å²) in [7, 11) is 0. The Morgan fingerprint density at radius 2 is 1.97 bits per heavy atom. The average molecular weight is 530 g/mol. The van der Waals surface area contributed by atoms with Gasteiger partial charge in [0.25, 0.3) is 5.91 Å². The van der Waals surface area contributed by atoms with E-state index >= 15 is 0 Å². The first-order valence-electron chi connectivity index (χ1n) is 13.1. The van der Waals surface area contributed by atoms with Crippen LogP contribution in [0.25, 0.3) is 11.1 Å². The average Bonchev–Trinajstić information content (AvgIpc) is 3.48. The minimum atomic E-state index is -1.29. The molecule has 39 heavy (non-hydrogen) atoms. The Morgan fingerprint density at radius 1 is 1.18 bits per heavy atom. The van der Waals surface area contributed by atoms with Crippen LogP contribution in [-0.2, 0) is 0 Å². The van der Waals surface area contributed by atoms with Gasteiger partial charge in [-0.15, -0.1) is 5.10 Å². The van der Waals surface area contributed by atoms with Crippen LogP contribution in [0.3, 0.4) is 0 Å². The standard InChI is InChI=1S/C30H32FN5O3/c1-19-10-11-22(39-15-7-13-30(2,3)38)17-23(19)21-12-14-32-26(16-21)33-29(37)27-34-28-24(31)18-25(36(28)35-27)20-8-5-4-6-9-20/h4-6,8-12,14,16-17,24-25,38H,7,13,15,18H2,1-3H3,(H,32,33,37)/t24-,25+/m1/s1. The van der Waals surface area contributed by atoms with Crippen molar-refractivity contribution in [1.29, 1.82) is 0 Å². The molecule has 0 fully saturated rings. The maximum absolute atomic E-state index is 14.7. The highest BCUT2D eigenvalue weighted by atomic mass is 19.1. The minimum Gasteiger partial charge on any atom is -0.494 e. The van der Waals surface area contributed by atoms with E-state index in [-0.39, 0.29) is 24.1 Å². The van der Waals surface area contributed by atoms with Crippen LogP contribution in [-0.4, -0.2) is 43.0 Å². The van der Waals surface area contributed by atoms with Crippen LogP contribution in [0.15, 0.2) is 66.9 Å². The van der Waals surface area contributed by atoms with E-state index in [9.17, 15) is 14.3 Å². The van der Waals surface area contributed by atoms with E-state index in [0.29, 0.717) is 18.8 Å². The Bertz CT molecular complexity index is 1470. The Balaban J connectivity index is 1.30. The fourth-order valence-corrected chi connectivity index (χ4v) is 4.76. The molecule has 0 spiro atoms. The number of rotatable bonds is 9. The number of fused-ring (bicyclic) bond motifs is 1. The summed E-state index contributed by atoms with van der Waals surface area (Å²) >= 11 is 0. The fraction of sp³-hybridized carbons (Fsp3) is 0.333. The molecule has 1 aliphatic heterocycles. The van der Waals surface area contributed by atoms with Gasteiger partial charge in [0, 0.05) is 12.6 Å². The van der Waals surface area contributed by atoms with Crippen molar-refractivity contribution in [3.05, 3.63) is 89.6 Å². The molecule has 2 aromatic carbocycles. The summed E-state index contributed by atoms with van der Waals surface area (Å²) in [5.41, 5.74) is 3.04. The number of amides is 1. The number of halogens is 1. The van der Waals surface area contributed by atoms with Gasteiger partial charge in [-0.3, -0.25) is 4.79 Å². The van der Waals surface area contributed by atoms with Gasteiger partial charge >= 0.3 is 0 Å². The lowest BCUT2D eigenvalue weighted by Gasteiger charge is -2.17. The van der Waals surface area contributed by atoms with Gasteiger partial charge < -0.3 is 15.2 Å². The summed E-state index contributed by atoms with van der Waals surface area (Å²) in [4.78, 5) is 21.5. The number of nitrogens with zero attached hydrogens (tertiary/aromatic N) is 4. The lowest BCUT2D eigenvalue weighted by Crippen LogP contribution is -2.19. The van der Waals surface area contributed by atoms with Crippen molar-refractivity contribution in [2.45, 2.75) is 57.8 Å². The molecule has 0 unspecified atom stereocenters. The largest absolute Gasteiger partial charge is 0.494 e. The number of alkyl halides is 1. The Labute approximate surface area is 226 Å². The number of benzene rings is 2. The van der Waals surface area contributed by atoms with Gasteiger partial charge in [-0.05, 0) is 80.1 Å². The molecule has 9 heteroatoms. The third-order valence-electron chi connectivity index (χ3n) is 6.77. The predicted molar refractivity (Wildman–Crippen MR) is 146 cm³/mol. The Morgan fingerprint density at radius 3 is 2.74 bits per heavy atom. The number of hydrogen-bond acceptors (Lipinski definition) is 6. The highest BCUT2D eigenvalue weighted by Crippen LogP contribution is 2.39. The summed E-state index contributed by atoms with van der Waals surface area (Å²) in [5, 5.41) is 17.0. The highest BCUT2D eigenvalue weighted by Gasteiger charge is 2.36. The van der Waals surface area contributed by atoms with E-state index in [1.54, 1.807) is 26.1 Å². The summed E-state index contributed by atoms with van der Waals surface area (Å²) in [6, 6.07) is 18.7. The molecule has 8 nitrogen and oxygen atoms in total. The number of aliphatic hydroxyl groups is 1. The van der Waals surface area contributed by atoms with E-state index < -0.39 is 17.7 Å². The lowest BCUT2D eigenvalue weighted by molar-refractivity contribution is 0.0641. The number of carbonyl (C=O) groups excluding carboxylic acids is 1. The van der Waals surface area contributed by atoms with Crippen LogP contribution in [0.5, 0.6) is 5.75 Å². The number of carbonyl (C=O) groups is 1. The first-order chi connectivity index (χ1) is 18.7. The van der Waals surface area contributed by atoms with Crippen LogP contribution >= 0.6 is 0 Å². The quantitative estimate of drug-likeness (QED) is 0.264. The molecule has 0 aliphatic carbocycles. The van der Waals surface area contributed by atoms with Crippen molar-refractivity contribution in [3.63, 3.8) is 0 Å². The zero-order valence-corrected chi connectivity index (χ0v) is 22.3. The van der Waals surface area contributed by atoms with Crippen LogP contribution < -0.4 is 10.1 Å². The number of aryl methyl sites for hydroxylation is 1. The number of anilines is 1. The number of hydrogen-bond donors (Lipinski definition) is 2. The predicted octanol–water partition coefficient (Wildman–Crippen LogP) is 5.83. The second-order valence-electron chi connectivity index (χ2n) is 10.5. The van der Waals surface area contributed by atoms with Crippen molar-refractivity contribution >= 4 is 11.7 Å². The molecule has 0 bridgehead atoms. The van der Waals surface area contributed by atoms with Crippen molar-refractivity contribution in [3.8, 4) is 16.9 Å². The van der Waals surface area contributed by atoms with Crippen LogP contribution in [0.1, 0.15) is 72.9 Å². The van der Waals surface area contributed by atoms with Crippen LogP contribution in [0.2, 0.25) is 0 Å². The van der Waals surface area contributed by atoms with Gasteiger partial charge in [0.05, 0.1) is 18.2 Å². The van der Waals surface area contributed by atoms with Crippen molar-refractivity contribution in [2.24, 2.45) is 0 Å². The minimum absolute atomic E-state index is 0.0990. The first kappa shape index (κ1) is 26.5. The van der Waals surface area contributed by atoms with Gasteiger partial charge in [0.15, 0.2) is 12.0 Å². The second kappa shape index (κ2) is 10.9. The maximum atomic E-state index is 14.7. The van der Waals surface area contributed by atoms with Crippen molar-refractivity contribution < 1.29 is 19.0 Å². The molecule has 4 aromatic rings. The number of ether oxygens (including phenoxy) is 1. The molecule has 0 saturated carbocycles. The molecule has 2 aromatic heterocycles. The van der Waals surface area contributed by atoms with Crippen molar-refractivity contribution in [1.82, 2.24) is 19.7 Å². The van der Waals surface area contributed by atoms with Crippen LogP contribution in [0, 0.1) is 6.92 Å². The van der Waals surface area contributed by atoms with E-state index in [1.165, 1.54) is 4.68 Å². The van der Waals surface area contributed by atoms with E-state index in [0.717, 1.165) is 34.4 Å². The third-order valence-corrected chi connectivity index (χ3v) is 6.77. The molecular weight excluding hydrogens is 497 g/mol. The molecule has 5 rings (SSSR count). The summed E-state index contributed by atoms with van der Waals surface area (Å²) < 4.78 is 22.1. The summed E-state index contributed by atoms with van der Waals surface area (Å²) in [5.74, 6) is 0.559. The summed E-state index contributed by atoms with van der Waals surface area (Å²) in [6.07, 6.45) is 1.95. The number of pyridine rings is 1. The molecule has 202 valence electrons. The van der Waals surface area contributed by atoms with Gasteiger partial charge in [-0.2, -0.15) is 0 Å². The molecule has 1 amide bonds. The molecular formula is C30H32FN5O3. The van der Waals surface area contributed by atoms with E-state index in [4.69, 9.17) is 4.74 Å². The Hall–Kier alpha value is -4.11. The molecule has 2 N–H and O–H groups in total. The summed E-state index contributed by atoms with van der Waals surface area (Å²) in [6.45, 7) is 6.06. The molecule has 3 heterocycles. The van der Waals surface area contributed by atoms with Gasteiger partial charge in [-0.1, -0.05) is 36.4 Å². The first-order valence-corrected chi connectivity index (χ1v) is 13.1. The van der Waals surface area contributed by atoms with E-state index in [1.807, 2.05) is 61.5 Å². The van der Waals surface area contributed by atoms with Crippen molar-refractivity contribution in [2.75, 3.05) is 11.9 Å². The molecule has 2 atom stereocenters. The van der Waals surface area contributed by atoms with Gasteiger partial charge in [-0.25, -0.2) is 19.0 Å². The fourth-order valence-electron chi connectivity index (χ4n) is 4.76. The Kier molecular flexibility index (Phi) is 7.43. The normalized spacial score (nSPS) is 16.6. The smallest absolute Gasteiger partial charge is 0.296 e. The van der Waals surface area contributed by atoms with E-state index in [2.05, 4.69) is 20.4 Å². The van der Waals surface area contributed by atoms with Gasteiger partial charge in [0.2, 0.25) is 5.82 Å². The number of aromatic nitrogens is 4. The third kappa shape index (κ3) is 6.15. The molecule has 1 aliphatic rings. The van der Waals surface area contributed by atoms with Gasteiger partial charge in [0.1, 0.15) is 11.6 Å². The molecule has 0 saturated heterocycles. The topological polar surface area (TPSA) is 102 Å². The SMILES string of the molecule is Cc1ccc(OCCCC(C)(C)O)cc1-c1ccnc(NC(=O)c2nc3n(n2)[C@H](c2ccccc2)C[C@H]3F)c1. The monoisotopic (exact) mass is 529 g/mol. The van der Waals surface area contributed by atoms with Crippen LogP contribution in [0.4, 0.5) is 10.2 Å². The zero-order chi connectivity index (χ0) is 27.6. The highest BCUT2D eigenvalue weighted by molar-refractivity contribution is 6.01. The number of nitrogens with one attached hydrogen (secondary N) is 1. The zero-order valence-electron chi connectivity index (χ0n) is 22.3. The molecule has 0 radical (unpaired) electrons. The second-order valence-corrected chi connectivity index (χ2v) is 10.5. The lowest BCUT2D eigenvalue weighted by atomic mass is 10.0. The maximum Gasteiger partial charge on any atom is 0.296 e.